The van der Waals surface area contributed by atoms with E-state index < -0.39 is 11.7 Å². The number of nitrogens with two attached hydrogens (primary N) is 1. The van der Waals surface area contributed by atoms with E-state index >= 15 is 0 Å². The minimum absolute atomic E-state index is 0.0951. The molecule has 0 unspecified atom stereocenters. The SMILES string of the molecule is C\C=C(/C=N\C(=C/N)NCC1CC(Nc2nc(C)c3c(n2)N(C)[C@@H](C)C(=O)N3)C1)C(F)(F)F. The third-order valence-corrected chi connectivity index (χ3v) is 5.89. The molecule has 12 heteroatoms. The highest BCUT2D eigenvalue weighted by Gasteiger charge is 2.33. The molecule has 0 spiro atoms. The molecular formula is C21H29F3N8O. The molecule has 1 aromatic heterocycles. The van der Waals surface area contributed by atoms with Crippen molar-refractivity contribution in [2.45, 2.75) is 51.9 Å². The number of hydrogen-bond acceptors (Lipinski definition) is 8. The van der Waals surface area contributed by atoms with Crippen LogP contribution in [0.15, 0.2) is 28.7 Å². The molecule has 5 N–H and O–H groups in total. The van der Waals surface area contributed by atoms with Crippen molar-refractivity contribution >= 4 is 29.6 Å². The summed E-state index contributed by atoms with van der Waals surface area (Å²) in [4.78, 5) is 26.7. The number of carbonyl (C=O) groups is 1. The summed E-state index contributed by atoms with van der Waals surface area (Å²) in [6.07, 6.45) is 0.0673. The van der Waals surface area contributed by atoms with Crippen LogP contribution in [0.1, 0.15) is 32.4 Å². The number of amides is 1. The van der Waals surface area contributed by atoms with Crippen molar-refractivity contribution in [3.8, 4) is 0 Å². The van der Waals surface area contributed by atoms with E-state index in [0.29, 0.717) is 35.6 Å². The van der Waals surface area contributed by atoms with Crippen LogP contribution >= 0.6 is 0 Å². The Morgan fingerprint density at radius 2 is 2.06 bits per heavy atom. The fourth-order valence-electron chi connectivity index (χ4n) is 3.66. The molecule has 1 atom stereocenters. The Labute approximate surface area is 190 Å². The zero-order chi connectivity index (χ0) is 24.3. The summed E-state index contributed by atoms with van der Waals surface area (Å²) in [5.41, 5.74) is 5.95. The van der Waals surface area contributed by atoms with E-state index in [-0.39, 0.29) is 23.8 Å². The Bertz CT molecular complexity index is 982. The van der Waals surface area contributed by atoms with Gasteiger partial charge in [0.05, 0.1) is 11.3 Å². The lowest BCUT2D eigenvalue weighted by molar-refractivity contribution is -0.117. The zero-order valence-corrected chi connectivity index (χ0v) is 19.0. The predicted molar refractivity (Wildman–Crippen MR) is 122 cm³/mol. The summed E-state index contributed by atoms with van der Waals surface area (Å²) in [6, 6.07) is -0.157. The topological polar surface area (TPSA) is 121 Å². The molecule has 1 saturated carbocycles. The van der Waals surface area contributed by atoms with E-state index in [1.807, 2.05) is 25.8 Å². The second-order valence-corrected chi connectivity index (χ2v) is 8.22. The molecule has 1 fully saturated rings. The number of rotatable bonds is 7. The molecule has 1 aromatic rings. The molecule has 180 valence electrons. The fraction of sp³-hybridized carbons (Fsp3) is 0.524. The lowest BCUT2D eigenvalue weighted by atomic mass is 9.80. The summed E-state index contributed by atoms with van der Waals surface area (Å²) >= 11 is 0. The molecule has 2 heterocycles. The van der Waals surface area contributed by atoms with Crippen molar-refractivity contribution in [3.63, 3.8) is 0 Å². The number of fused-ring (bicyclic) bond motifs is 1. The lowest BCUT2D eigenvalue weighted by Gasteiger charge is -2.37. The number of aliphatic imine (C=N–C) groups is 1. The van der Waals surface area contributed by atoms with Gasteiger partial charge in [-0.25, -0.2) is 9.98 Å². The molecule has 33 heavy (non-hydrogen) atoms. The molecule has 0 saturated heterocycles. The second kappa shape index (κ2) is 9.67. The molecule has 0 radical (unpaired) electrons. The van der Waals surface area contributed by atoms with E-state index in [0.717, 1.165) is 31.3 Å². The van der Waals surface area contributed by atoms with Gasteiger partial charge in [0.1, 0.15) is 17.6 Å². The summed E-state index contributed by atoms with van der Waals surface area (Å²) < 4.78 is 38.3. The van der Waals surface area contributed by atoms with Gasteiger partial charge in [0, 0.05) is 32.0 Å². The quantitative estimate of drug-likeness (QED) is 0.456. The number of likely N-dealkylation sites (N-methyl/N-ethyl adjacent to an activating group) is 1. The number of nitrogens with one attached hydrogen (secondary N) is 3. The number of nitrogens with zero attached hydrogens (tertiary/aromatic N) is 4. The van der Waals surface area contributed by atoms with Crippen LogP contribution in [0.4, 0.5) is 30.6 Å². The Hall–Kier alpha value is -3.31. The van der Waals surface area contributed by atoms with Crippen molar-refractivity contribution in [1.29, 1.82) is 0 Å². The molecule has 9 nitrogen and oxygen atoms in total. The maximum atomic E-state index is 12.8. The molecule has 2 aliphatic rings. The van der Waals surface area contributed by atoms with Gasteiger partial charge in [-0.05, 0) is 39.5 Å². The van der Waals surface area contributed by atoms with Crippen LogP contribution in [0.5, 0.6) is 0 Å². The number of hydrogen-bond donors (Lipinski definition) is 4. The van der Waals surface area contributed by atoms with Crippen LogP contribution < -0.4 is 26.6 Å². The van der Waals surface area contributed by atoms with Crippen molar-refractivity contribution in [2.75, 3.05) is 29.1 Å². The van der Waals surface area contributed by atoms with Gasteiger partial charge in [0.2, 0.25) is 11.9 Å². The summed E-state index contributed by atoms with van der Waals surface area (Å²) in [7, 11) is 1.82. The average molecular weight is 467 g/mol. The Morgan fingerprint density at radius 3 is 2.67 bits per heavy atom. The first-order valence-electron chi connectivity index (χ1n) is 10.7. The Morgan fingerprint density at radius 1 is 1.36 bits per heavy atom. The number of aryl methyl sites for hydroxylation is 1. The van der Waals surface area contributed by atoms with Crippen molar-refractivity contribution in [2.24, 2.45) is 16.6 Å². The molecule has 0 aromatic carbocycles. The van der Waals surface area contributed by atoms with Gasteiger partial charge in [-0.15, -0.1) is 0 Å². The largest absolute Gasteiger partial charge is 0.417 e. The van der Waals surface area contributed by atoms with Crippen LogP contribution in [-0.4, -0.2) is 53.9 Å². The fourth-order valence-corrected chi connectivity index (χ4v) is 3.66. The molecule has 1 amide bonds. The van der Waals surface area contributed by atoms with Gasteiger partial charge in [-0.2, -0.15) is 18.2 Å². The van der Waals surface area contributed by atoms with Crippen LogP contribution in [-0.2, 0) is 4.79 Å². The lowest BCUT2D eigenvalue weighted by Crippen LogP contribution is -2.45. The third kappa shape index (κ3) is 5.55. The maximum absolute atomic E-state index is 12.8. The number of anilines is 3. The van der Waals surface area contributed by atoms with E-state index in [4.69, 9.17) is 5.73 Å². The van der Waals surface area contributed by atoms with E-state index in [1.165, 1.54) is 6.92 Å². The minimum atomic E-state index is -4.46. The standard InChI is InChI=1S/C21H29F3N8O/c1-5-14(21(22,23)24)10-27-16(8-25)26-9-13-6-15(7-13)29-20-28-11(2)17-18(31-20)32(4)12(3)19(33)30-17/h5,8,10,12-13,15,26H,6-7,9,25H2,1-4H3,(H,30,33)(H,28,29,31)/b14-5+,16-8-,27-10-/t12-,13?,15?/m0/s1. The average Bonchev–Trinajstić information content (AvgIpc) is 2.72. The first kappa shape index (κ1) is 24.3. The monoisotopic (exact) mass is 466 g/mol. The van der Waals surface area contributed by atoms with Gasteiger partial charge in [-0.3, -0.25) is 4.79 Å². The number of halogens is 3. The van der Waals surface area contributed by atoms with Gasteiger partial charge >= 0.3 is 6.18 Å². The van der Waals surface area contributed by atoms with Crippen molar-refractivity contribution in [1.82, 2.24) is 15.3 Å². The summed E-state index contributed by atoms with van der Waals surface area (Å²) in [5.74, 6) is 1.56. The predicted octanol–water partition coefficient (Wildman–Crippen LogP) is 2.68. The summed E-state index contributed by atoms with van der Waals surface area (Å²) in [5, 5.41) is 9.16. The van der Waals surface area contributed by atoms with Gasteiger partial charge in [-0.1, -0.05) is 6.08 Å². The molecule has 1 aliphatic carbocycles. The van der Waals surface area contributed by atoms with Crippen molar-refractivity contribution in [3.05, 3.63) is 29.4 Å². The highest BCUT2D eigenvalue weighted by molar-refractivity contribution is 6.03. The molecule has 3 rings (SSSR count). The molecule has 0 bridgehead atoms. The Balaban J connectivity index is 1.51. The first-order chi connectivity index (χ1) is 15.5. The highest BCUT2D eigenvalue weighted by atomic mass is 19.4. The molecular weight excluding hydrogens is 437 g/mol. The second-order valence-electron chi connectivity index (χ2n) is 8.22. The Kier molecular flexibility index (Phi) is 7.13. The van der Waals surface area contributed by atoms with Crippen molar-refractivity contribution < 1.29 is 18.0 Å². The van der Waals surface area contributed by atoms with Crippen LogP contribution in [0.3, 0.4) is 0 Å². The minimum Gasteiger partial charge on any atom is -0.402 e. The normalized spacial score (nSPS) is 23.8. The number of alkyl halides is 3. The van der Waals surface area contributed by atoms with Crippen LogP contribution in [0, 0.1) is 12.8 Å². The van der Waals surface area contributed by atoms with Crippen LogP contribution in [0.2, 0.25) is 0 Å². The van der Waals surface area contributed by atoms with Gasteiger partial charge in [0.25, 0.3) is 0 Å². The van der Waals surface area contributed by atoms with E-state index in [2.05, 4.69) is 30.9 Å². The van der Waals surface area contributed by atoms with E-state index in [9.17, 15) is 18.0 Å². The highest BCUT2D eigenvalue weighted by Crippen LogP contribution is 2.34. The molecule has 1 aliphatic heterocycles. The number of carbonyl (C=O) groups excluding carboxylic acids is 1. The van der Waals surface area contributed by atoms with E-state index in [1.54, 1.807) is 0 Å². The number of allylic oxidation sites excluding steroid dienone is 2. The summed E-state index contributed by atoms with van der Waals surface area (Å²) in [6.45, 7) is 5.47. The van der Waals surface area contributed by atoms with Crippen LogP contribution in [0.25, 0.3) is 0 Å². The first-order valence-corrected chi connectivity index (χ1v) is 10.7. The maximum Gasteiger partial charge on any atom is 0.417 e. The number of aromatic nitrogens is 2. The zero-order valence-electron chi connectivity index (χ0n) is 19.0. The smallest absolute Gasteiger partial charge is 0.402 e. The third-order valence-electron chi connectivity index (χ3n) is 5.89. The van der Waals surface area contributed by atoms with Gasteiger partial charge < -0.3 is 26.6 Å². The van der Waals surface area contributed by atoms with Gasteiger partial charge in [0.15, 0.2) is 5.82 Å².